The van der Waals surface area contributed by atoms with E-state index in [1.807, 2.05) is 42.5 Å². The zero-order valence-electron chi connectivity index (χ0n) is 14.2. The zero-order valence-corrected chi connectivity index (χ0v) is 15.1. The van der Waals surface area contributed by atoms with E-state index in [2.05, 4.69) is 17.4 Å². The highest BCUT2D eigenvalue weighted by Crippen LogP contribution is 2.47. The molecule has 1 fully saturated rings. The fourth-order valence-electron chi connectivity index (χ4n) is 3.11. The van der Waals surface area contributed by atoms with Gasteiger partial charge in [0.05, 0.1) is 0 Å². The molecule has 0 aliphatic heterocycles. The molecule has 1 saturated carbocycles. The van der Waals surface area contributed by atoms with E-state index < -0.39 is 5.97 Å². The molecule has 132 valence electrons. The number of hydrogen-bond acceptors (Lipinski definition) is 4. The number of rotatable bonds is 6. The van der Waals surface area contributed by atoms with E-state index in [4.69, 9.17) is 4.74 Å². The quantitative estimate of drug-likeness (QED) is 0.674. The van der Waals surface area contributed by atoms with Crippen LogP contribution >= 0.6 is 11.3 Å². The Kier molecular flexibility index (Phi) is 4.47. The summed E-state index contributed by atoms with van der Waals surface area (Å²) >= 11 is 1.38. The van der Waals surface area contributed by atoms with E-state index in [9.17, 15) is 9.59 Å². The number of amides is 1. The van der Waals surface area contributed by atoms with E-state index in [0.29, 0.717) is 11.4 Å². The summed E-state index contributed by atoms with van der Waals surface area (Å²) in [4.78, 5) is 24.7. The van der Waals surface area contributed by atoms with Crippen LogP contribution in [0.1, 0.15) is 28.1 Å². The van der Waals surface area contributed by atoms with Gasteiger partial charge < -0.3 is 10.1 Å². The fourth-order valence-corrected chi connectivity index (χ4v) is 4.07. The third-order valence-electron chi connectivity index (χ3n) is 4.82. The Morgan fingerprint density at radius 2 is 1.77 bits per heavy atom. The molecule has 1 amide bonds. The molecular weight excluding hydrogens is 346 g/mol. The molecule has 1 aromatic heterocycles. The molecule has 3 aromatic rings. The van der Waals surface area contributed by atoms with E-state index in [0.717, 1.165) is 22.9 Å². The molecule has 0 spiro atoms. The number of carbonyl (C=O) groups is 2. The van der Waals surface area contributed by atoms with Gasteiger partial charge in [-0.3, -0.25) is 4.79 Å². The normalized spacial score (nSPS) is 14.8. The average Bonchev–Trinajstić information content (AvgIpc) is 3.35. The summed E-state index contributed by atoms with van der Waals surface area (Å²) in [5, 5.41) is 3.91. The standard InChI is InChI=1S/C21H19NO3S/c23-19(22-14-21(10-11-21)16-7-2-1-3-8-16)13-25-20(24)18-12-15-6-4-5-9-17(15)26-18/h1-9,12H,10-11,13-14H2,(H,22,23). The molecule has 4 rings (SSSR count). The van der Waals surface area contributed by atoms with Crippen LogP contribution in [0.5, 0.6) is 0 Å². The summed E-state index contributed by atoms with van der Waals surface area (Å²) in [6.45, 7) is 0.328. The minimum atomic E-state index is -0.453. The molecule has 0 saturated heterocycles. The van der Waals surface area contributed by atoms with Crippen molar-refractivity contribution in [3.63, 3.8) is 0 Å². The third-order valence-corrected chi connectivity index (χ3v) is 5.92. The maximum absolute atomic E-state index is 12.2. The SMILES string of the molecule is O=C(COC(=O)c1cc2ccccc2s1)NCC1(c2ccccc2)CC1. The number of thiophene rings is 1. The lowest BCUT2D eigenvalue weighted by molar-refractivity contribution is -0.124. The summed E-state index contributed by atoms with van der Waals surface area (Å²) in [5.74, 6) is -0.716. The first-order chi connectivity index (χ1) is 12.7. The van der Waals surface area contributed by atoms with Crippen molar-refractivity contribution in [2.75, 3.05) is 13.2 Å². The van der Waals surface area contributed by atoms with Gasteiger partial charge in [-0.1, -0.05) is 48.5 Å². The van der Waals surface area contributed by atoms with Crippen LogP contribution in [0.3, 0.4) is 0 Å². The third kappa shape index (κ3) is 3.48. The van der Waals surface area contributed by atoms with Crippen molar-refractivity contribution in [3.8, 4) is 0 Å². The van der Waals surface area contributed by atoms with Crippen molar-refractivity contribution < 1.29 is 14.3 Å². The van der Waals surface area contributed by atoms with Gasteiger partial charge in [0.1, 0.15) is 4.88 Å². The largest absolute Gasteiger partial charge is 0.451 e. The Hall–Kier alpha value is -2.66. The molecule has 26 heavy (non-hydrogen) atoms. The monoisotopic (exact) mass is 365 g/mol. The molecule has 5 heteroatoms. The second kappa shape index (κ2) is 6.92. The molecular formula is C21H19NO3S. The summed E-state index contributed by atoms with van der Waals surface area (Å²) < 4.78 is 6.20. The first kappa shape index (κ1) is 16.8. The fraction of sp³-hybridized carbons (Fsp3) is 0.238. The molecule has 0 bridgehead atoms. The Balaban J connectivity index is 1.29. The molecule has 4 nitrogen and oxygen atoms in total. The van der Waals surface area contributed by atoms with Crippen molar-refractivity contribution in [2.24, 2.45) is 0 Å². The second-order valence-corrected chi connectivity index (χ2v) is 7.73. The van der Waals surface area contributed by atoms with Crippen molar-refractivity contribution in [1.82, 2.24) is 5.32 Å². The number of benzene rings is 2. The number of hydrogen-bond donors (Lipinski definition) is 1. The topological polar surface area (TPSA) is 55.4 Å². The summed E-state index contributed by atoms with van der Waals surface area (Å²) in [6.07, 6.45) is 2.14. The van der Waals surface area contributed by atoms with Gasteiger partial charge in [0.2, 0.25) is 0 Å². The highest BCUT2D eigenvalue weighted by Gasteiger charge is 2.44. The lowest BCUT2D eigenvalue weighted by Crippen LogP contribution is -2.35. The van der Waals surface area contributed by atoms with E-state index in [1.165, 1.54) is 16.9 Å². The van der Waals surface area contributed by atoms with Crippen LogP contribution in [-0.4, -0.2) is 25.0 Å². The predicted octanol–water partition coefficient (Wildman–Crippen LogP) is 3.91. The summed E-state index contributed by atoms with van der Waals surface area (Å²) in [7, 11) is 0. The molecule has 0 unspecified atom stereocenters. The lowest BCUT2D eigenvalue weighted by Gasteiger charge is -2.16. The van der Waals surface area contributed by atoms with Crippen molar-refractivity contribution in [2.45, 2.75) is 18.3 Å². The molecule has 0 radical (unpaired) electrons. The molecule has 1 heterocycles. The molecule has 0 atom stereocenters. The van der Waals surface area contributed by atoms with Gasteiger partial charge in [0, 0.05) is 16.7 Å². The van der Waals surface area contributed by atoms with Crippen LogP contribution in [0.4, 0.5) is 0 Å². The Morgan fingerprint density at radius 1 is 1.04 bits per heavy atom. The van der Waals surface area contributed by atoms with Gasteiger partial charge in [-0.25, -0.2) is 4.79 Å². The Morgan fingerprint density at radius 3 is 2.50 bits per heavy atom. The van der Waals surface area contributed by atoms with Crippen LogP contribution in [0.2, 0.25) is 0 Å². The highest BCUT2D eigenvalue weighted by atomic mass is 32.1. The van der Waals surface area contributed by atoms with Crippen LogP contribution in [0.15, 0.2) is 60.7 Å². The van der Waals surface area contributed by atoms with Gasteiger partial charge in [-0.05, 0) is 35.9 Å². The Labute approximate surface area is 155 Å². The molecule has 2 aromatic carbocycles. The van der Waals surface area contributed by atoms with E-state index in [-0.39, 0.29) is 17.9 Å². The van der Waals surface area contributed by atoms with Crippen LogP contribution < -0.4 is 5.32 Å². The first-order valence-electron chi connectivity index (χ1n) is 8.64. The highest BCUT2D eigenvalue weighted by molar-refractivity contribution is 7.20. The summed E-state index contributed by atoms with van der Waals surface area (Å²) in [6, 6.07) is 19.8. The molecule has 1 aliphatic carbocycles. The lowest BCUT2D eigenvalue weighted by atomic mass is 9.96. The summed E-state index contributed by atoms with van der Waals surface area (Å²) in [5.41, 5.74) is 1.30. The number of esters is 1. The number of fused-ring (bicyclic) bond motifs is 1. The second-order valence-electron chi connectivity index (χ2n) is 6.65. The van der Waals surface area contributed by atoms with Gasteiger partial charge >= 0.3 is 5.97 Å². The number of nitrogens with one attached hydrogen (secondary N) is 1. The van der Waals surface area contributed by atoms with Crippen molar-refractivity contribution in [1.29, 1.82) is 0 Å². The van der Waals surface area contributed by atoms with Gasteiger partial charge in [0.25, 0.3) is 5.91 Å². The minimum absolute atomic E-state index is 0.0480. The van der Waals surface area contributed by atoms with Crippen molar-refractivity contribution >= 4 is 33.3 Å². The predicted molar refractivity (Wildman–Crippen MR) is 102 cm³/mol. The van der Waals surface area contributed by atoms with Crippen LogP contribution in [-0.2, 0) is 14.9 Å². The van der Waals surface area contributed by atoms with Gasteiger partial charge in [-0.2, -0.15) is 0 Å². The number of carbonyl (C=O) groups excluding carboxylic acids is 2. The van der Waals surface area contributed by atoms with E-state index in [1.54, 1.807) is 6.07 Å². The van der Waals surface area contributed by atoms with Crippen LogP contribution in [0.25, 0.3) is 10.1 Å². The Bertz CT molecular complexity index is 911. The van der Waals surface area contributed by atoms with Gasteiger partial charge in [-0.15, -0.1) is 11.3 Å². The maximum atomic E-state index is 12.2. The first-order valence-corrected chi connectivity index (χ1v) is 9.46. The maximum Gasteiger partial charge on any atom is 0.348 e. The molecule has 1 aliphatic rings. The number of ether oxygens (including phenoxy) is 1. The smallest absolute Gasteiger partial charge is 0.348 e. The average molecular weight is 365 g/mol. The zero-order chi connectivity index (χ0) is 18.0. The van der Waals surface area contributed by atoms with E-state index >= 15 is 0 Å². The van der Waals surface area contributed by atoms with Crippen LogP contribution in [0, 0.1) is 0 Å². The molecule has 1 N–H and O–H groups in total. The minimum Gasteiger partial charge on any atom is -0.451 e. The van der Waals surface area contributed by atoms with Gasteiger partial charge in [0.15, 0.2) is 6.61 Å². The van der Waals surface area contributed by atoms with Crippen molar-refractivity contribution in [3.05, 3.63) is 71.1 Å².